The summed E-state index contributed by atoms with van der Waals surface area (Å²) in [7, 11) is 0. The molecule has 44 heavy (non-hydrogen) atoms. The number of aliphatic hydroxyl groups excluding tert-OH is 2. The van der Waals surface area contributed by atoms with Crippen molar-refractivity contribution >= 4 is 17.8 Å². The number of benzene rings is 4. The third kappa shape index (κ3) is 8.28. The van der Waals surface area contributed by atoms with Gasteiger partial charge >= 0.3 is 6.03 Å². The number of aliphatic hydroxyl groups is 2. The van der Waals surface area contributed by atoms with Crippen LogP contribution in [0.5, 0.6) is 0 Å². The van der Waals surface area contributed by atoms with Gasteiger partial charge < -0.3 is 30.3 Å². The number of amides is 2. The van der Waals surface area contributed by atoms with Gasteiger partial charge in [0, 0.05) is 36.1 Å². The fraction of sp³-hybridized carbons (Fsp3) is 0.306. The van der Waals surface area contributed by atoms with Crippen LogP contribution in [0.4, 0.5) is 4.79 Å². The average molecular weight is 613 g/mol. The fourth-order valence-corrected chi connectivity index (χ4v) is 6.28. The summed E-state index contributed by atoms with van der Waals surface area (Å²) >= 11 is 1.68. The van der Waals surface area contributed by atoms with Crippen molar-refractivity contribution in [3.05, 3.63) is 131 Å². The summed E-state index contributed by atoms with van der Waals surface area (Å²) in [6.07, 6.45) is -0.791. The van der Waals surface area contributed by atoms with Crippen LogP contribution in [0.15, 0.2) is 103 Å². The molecule has 4 aromatic carbocycles. The van der Waals surface area contributed by atoms with Crippen LogP contribution in [0.3, 0.4) is 0 Å². The highest BCUT2D eigenvalue weighted by Gasteiger charge is 2.38. The molecule has 1 heterocycles. The minimum atomic E-state index is -0.548. The van der Waals surface area contributed by atoms with Gasteiger partial charge in [0.15, 0.2) is 6.29 Å². The Kier molecular flexibility index (Phi) is 11.5. The highest BCUT2D eigenvalue weighted by Crippen LogP contribution is 2.42. The summed E-state index contributed by atoms with van der Waals surface area (Å²) in [5.41, 5.74) is 6.97. The van der Waals surface area contributed by atoms with E-state index in [2.05, 4.69) is 35.8 Å². The maximum Gasteiger partial charge on any atom is 0.315 e. The van der Waals surface area contributed by atoms with E-state index in [1.807, 2.05) is 84.9 Å². The molecule has 0 unspecified atom stereocenters. The summed E-state index contributed by atoms with van der Waals surface area (Å²) in [4.78, 5) is 12.5. The summed E-state index contributed by atoms with van der Waals surface area (Å²) in [6.45, 7) is 3.14. The molecule has 0 bridgehead atoms. The lowest BCUT2D eigenvalue weighted by Gasteiger charge is -2.41. The van der Waals surface area contributed by atoms with E-state index in [1.54, 1.807) is 11.8 Å². The van der Waals surface area contributed by atoms with Crippen LogP contribution < -0.4 is 10.6 Å². The third-order valence-corrected chi connectivity index (χ3v) is 8.92. The van der Waals surface area contributed by atoms with Gasteiger partial charge in [0.25, 0.3) is 0 Å². The van der Waals surface area contributed by atoms with Gasteiger partial charge in [0.1, 0.15) is 0 Å². The fourth-order valence-electron chi connectivity index (χ4n) is 5.37. The SMILES string of the molecule is C[C@@H]1[C@H](CSCCO)O[C@H](c2ccc(-c3ccccc3CNC(=O)NCc3ccccc3)cc2)O[C@@H]1c1ccc(CO)cc1. The zero-order valence-electron chi connectivity index (χ0n) is 24.9. The standard InChI is InChI=1S/C36H40N2O5S/c1-25-33(24-44-20-19-39)42-35(43-34(25)29-13-11-27(23-40)12-14-29)30-17-15-28(16-18-30)32-10-6-5-9-31(32)22-38-36(41)37-21-26-7-3-2-4-8-26/h2-18,25,33-35,39-40H,19-24H2,1H3,(H2,37,38,41)/t25-,33+,34+,35+/m1/s1. The van der Waals surface area contributed by atoms with Crippen LogP contribution in [0.25, 0.3) is 11.1 Å². The minimum Gasteiger partial charge on any atom is -0.396 e. The summed E-state index contributed by atoms with van der Waals surface area (Å²) in [6, 6.07) is 33.8. The normalized spacial score (nSPS) is 19.8. The second-order valence-electron chi connectivity index (χ2n) is 10.9. The lowest BCUT2D eigenvalue weighted by molar-refractivity contribution is -0.268. The van der Waals surface area contributed by atoms with Crippen LogP contribution in [0, 0.1) is 5.92 Å². The lowest BCUT2D eigenvalue weighted by Crippen LogP contribution is -2.38. The topological polar surface area (TPSA) is 100 Å². The molecule has 1 saturated heterocycles. The number of carbonyl (C=O) groups is 1. The average Bonchev–Trinajstić information content (AvgIpc) is 3.08. The van der Waals surface area contributed by atoms with Crippen molar-refractivity contribution in [3.63, 3.8) is 0 Å². The van der Waals surface area contributed by atoms with Gasteiger partial charge in [0.2, 0.25) is 0 Å². The maximum atomic E-state index is 12.5. The molecular formula is C36H40N2O5S. The molecule has 4 aromatic rings. The lowest BCUT2D eigenvalue weighted by atomic mass is 9.91. The molecule has 0 aromatic heterocycles. The first-order valence-electron chi connectivity index (χ1n) is 15.0. The number of thioether (sulfide) groups is 1. The number of rotatable bonds is 12. The van der Waals surface area contributed by atoms with Crippen molar-refractivity contribution < 1.29 is 24.5 Å². The molecule has 1 fully saturated rings. The van der Waals surface area contributed by atoms with Gasteiger partial charge in [-0.3, -0.25) is 0 Å². The van der Waals surface area contributed by atoms with Crippen LogP contribution in [0.1, 0.15) is 47.1 Å². The molecule has 1 aliphatic heterocycles. The van der Waals surface area contributed by atoms with E-state index in [1.165, 1.54) is 0 Å². The van der Waals surface area contributed by atoms with Crippen molar-refractivity contribution in [1.29, 1.82) is 0 Å². The number of urea groups is 1. The molecule has 7 nitrogen and oxygen atoms in total. The molecule has 5 rings (SSSR count). The first kappa shape index (κ1) is 31.8. The predicted molar refractivity (Wildman–Crippen MR) is 175 cm³/mol. The number of carbonyl (C=O) groups excluding carboxylic acids is 1. The molecule has 0 saturated carbocycles. The summed E-state index contributed by atoms with van der Waals surface area (Å²) in [5.74, 6) is 1.51. The minimum absolute atomic E-state index is 0.000509. The molecule has 0 aliphatic carbocycles. The highest BCUT2D eigenvalue weighted by atomic mass is 32.2. The van der Waals surface area contributed by atoms with Crippen molar-refractivity contribution in [1.82, 2.24) is 10.6 Å². The quantitative estimate of drug-likeness (QED) is 0.139. The first-order chi connectivity index (χ1) is 21.6. The van der Waals surface area contributed by atoms with Gasteiger partial charge in [-0.1, -0.05) is 110 Å². The van der Waals surface area contributed by atoms with Crippen LogP contribution in [-0.4, -0.2) is 40.5 Å². The number of ether oxygens (including phenoxy) is 2. The zero-order chi connectivity index (χ0) is 30.7. The Morgan fingerprint density at radius 2 is 1.45 bits per heavy atom. The molecule has 0 spiro atoms. The number of nitrogens with one attached hydrogen (secondary N) is 2. The Labute approximate surface area is 263 Å². The van der Waals surface area contributed by atoms with E-state index in [-0.39, 0.29) is 37.4 Å². The second-order valence-corrected chi connectivity index (χ2v) is 12.1. The van der Waals surface area contributed by atoms with Crippen LogP contribution >= 0.6 is 11.8 Å². The first-order valence-corrected chi connectivity index (χ1v) is 16.1. The monoisotopic (exact) mass is 612 g/mol. The van der Waals surface area contributed by atoms with Crippen LogP contribution in [0.2, 0.25) is 0 Å². The summed E-state index contributed by atoms with van der Waals surface area (Å²) < 4.78 is 13.1. The van der Waals surface area contributed by atoms with Gasteiger partial charge in [-0.15, -0.1) is 0 Å². The maximum absolute atomic E-state index is 12.5. The second kappa shape index (κ2) is 15.9. The molecule has 1 aliphatic rings. The predicted octanol–water partition coefficient (Wildman–Crippen LogP) is 6.36. The Morgan fingerprint density at radius 3 is 2.18 bits per heavy atom. The Hall–Kier alpha value is -3.66. The van der Waals surface area contributed by atoms with E-state index in [9.17, 15) is 15.0 Å². The van der Waals surface area contributed by atoms with E-state index in [4.69, 9.17) is 9.47 Å². The highest BCUT2D eigenvalue weighted by molar-refractivity contribution is 7.99. The van der Waals surface area contributed by atoms with Gasteiger partial charge in [-0.2, -0.15) is 11.8 Å². The van der Waals surface area contributed by atoms with E-state index in [0.717, 1.165) is 44.7 Å². The third-order valence-electron chi connectivity index (χ3n) is 7.89. The van der Waals surface area contributed by atoms with Crippen molar-refractivity contribution in [2.24, 2.45) is 5.92 Å². The van der Waals surface area contributed by atoms with E-state index >= 15 is 0 Å². The van der Waals surface area contributed by atoms with Crippen molar-refractivity contribution in [3.8, 4) is 11.1 Å². The Balaban J connectivity index is 1.28. The molecule has 0 radical (unpaired) electrons. The van der Waals surface area contributed by atoms with Gasteiger partial charge in [0.05, 0.1) is 25.4 Å². The van der Waals surface area contributed by atoms with Crippen molar-refractivity contribution in [2.45, 2.75) is 45.1 Å². The van der Waals surface area contributed by atoms with Crippen LogP contribution in [-0.2, 0) is 29.2 Å². The Morgan fingerprint density at radius 1 is 0.773 bits per heavy atom. The number of hydrogen-bond donors (Lipinski definition) is 4. The van der Waals surface area contributed by atoms with Crippen molar-refractivity contribution in [2.75, 3.05) is 18.1 Å². The molecule has 4 atom stereocenters. The number of hydrogen-bond acceptors (Lipinski definition) is 6. The van der Waals surface area contributed by atoms with E-state index in [0.29, 0.717) is 18.8 Å². The molecule has 4 N–H and O–H groups in total. The molecule has 230 valence electrons. The summed E-state index contributed by atoms with van der Waals surface area (Å²) in [5, 5.41) is 24.7. The zero-order valence-corrected chi connectivity index (χ0v) is 25.7. The molecule has 8 heteroatoms. The molecular weight excluding hydrogens is 572 g/mol. The smallest absolute Gasteiger partial charge is 0.315 e. The van der Waals surface area contributed by atoms with Gasteiger partial charge in [-0.25, -0.2) is 4.79 Å². The van der Waals surface area contributed by atoms with Gasteiger partial charge in [-0.05, 0) is 33.4 Å². The largest absolute Gasteiger partial charge is 0.396 e. The Bertz CT molecular complexity index is 1470. The van der Waals surface area contributed by atoms with E-state index < -0.39 is 6.29 Å². The molecule has 2 amide bonds.